The van der Waals surface area contributed by atoms with Gasteiger partial charge in [0, 0.05) is 10.9 Å². The van der Waals surface area contributed by atoms with Crippen molar-refractivity contribution < 1.29 is 8.78 Å². The highest BCUT2D eigenvalue weighted by atomic mass is 35.5. The number of aromatic nitrogens is 3. The quantitative estimate of drug-likeness (QED) is 0.676. The molecule has 0 saturated heterocycles. The molecule has 21 heavy (non-hydrogen) atoms. The Morgan fingerprint density at radius 1 is 1.19 bits per heavy atom. The van der Waals surface area contributed by atoms with E-state index < -0.39 is 12.1 Å². The van der Waals surface area contributed by atoms with Crippen LogP contribution < -0.4 is 11.5 Å². The first-order valence-corrected chi connectivity index (χ1v) is 6.32. The molecule has 0 amide bonds. The first kappa shape index (κ1) is 13.6. The van der Waals surface area contributed by atoms with Gasteiger partial charge in [-0.15, -0.1) is 0 Å². The van der Waals surface area contributed by atoms with Crippen molar-refractivity contribution in [2.24, 2.45) is 0 Å². The maximum atomic E-state index is 12.9. The van der Waals surface area contributed by atoms with Crippen molar-refractivity contribution in [3.05, 3.63) is 35.1 Å². The van der Waals surface area contributed by atoms with E-state index in [1.165, 1.54) is 6.07 Å². The Labute approximate surface area is 122 Å². The molecule has 8 heteroatoms. The molecule has 0 fully saturated rings. The summed E-state index contributed by atoms with van der Waals surface area (Å²) in [7, 11) is 0. The molecular weight excluding hydrogens is 300 g/mol. The first-order valence-electron chi connectivity index (χ1n) is 5.94. The Hall–Kier alpha value is -2.41. The number of hydrogen-bond acceptors (Lipinski definition) is 4. The third kappa shape index (κ3) is 2.25. The van der Waals surface area contributed by atoms with Crippen molar-refractivity contribution >= 4 is 34.0 Å². The van der Waals surface area contributed by atoms with E-state index in [1.54, 1.807) is 18.3 Å². The topological polar surface area (TPSA) is 93.6 Å². The van der Waals surface area contributed by atoms with Gasteiger partial charge < -0.3 is 11.5 Å². The van der Waals surface area contributed by atoms with Crippen molar-refractivity contribution in [3.8, 4) is 11.1 Å². The Morgan fingerprint density at radius 3 is 2.67 bits per heavy atom. The summed E-state index contributed by atoms with van der Waals surface area (Å²) in [5.41, 5.74) is 12.8. The van der Waals surface area contributed by atoms with Crippen LogP contribution in [0.25, 0.3) is 22.0 Å². The lowest BCUT2D eigenvalue weighted by atomic mass is 10.0. The minimum absolute atomic E-state index is 0.133. The molecule has 2 aromatic heterocycles. The third-order valence-corrected chi connectivity index (χ3v) is 3.44. The first-order chi connectivity index (χ1) is 9.97. The van der Waals surface area contributed by atoms with Gasteiger partial charge in [0.05, 0.1) is 22.4 Å². The number of rotatable bonds is 2. The molecule has 0 aliphatic carbocycles. The minimum atomic E-state index is -2.74. The maximum absolute atomic E-state index is 12.9. The smallest absolute Gasteiger partial charge is 0.280 e. The number of halogens is 3. The van der Waals surface area contributed by atoms with Gasteiger partial charge in [0.15, 0.2) is 0 Å². The van der Waals surface area contributed by atoms with Crippen molar-refractivity contribution in [2.45, 2.75) is 6.43 Å². The number of benzene rings is 1. The lowest BCUT2D eigenvalue weighted by molar-refractivity contribution is 0.146. The van der Waals surface area contributed by atoms with Crippen molar-refractivity contribution in [1.82, 2.24) is 15.2 Å². The Bertz CT molecular complexity index is 831. The fraction of sp³-hybridized carbons (Fsp3) is 0.0769. The molecule has 0 aliphatic heterocycles. The van der Waals surface area contributed by atoms with E-state index in [1.807, 2.05) is 0 Å². The zero-order chi connectivity index (χ0) is 15.1. The highest BCUT2D eigenvalue weighted by molar-refractivity contribution is 6.35. The number of pyridine rings is 1. The van der Waals surface area contributed by atoms with Gasteiger partial charge in [-0.2, -0.15) is 5.10 Å². The Kier molecular flexibility index (Phi) is 3.13. The minimum Gasteiger partial charge on any atom is -0.395 e. The molecule has 0 bridgehead atoms. The van der Waals surface area contributed by atoms with Gasteiger partial charge >= 0.3 is 0 Å². The number of nitrogen functional groups attached to an aromatic ring is 2. The molecule has 0 saturated carbocycles. The predicted molar refractivity (Wildman–Crippen MR) is 78.1 cm³/mol. The zero-order valence-corrected chi connectivity index (χ0v) is 11.3. The van der Waals surface area contributed by atoms with Crippen LogP contribution in [0.4, 0.5) is 20.3 Å². The Balaban J connectivity index is 2.26. The van der Waals surface area contributed by atoms with Gasteiger partial charge in [0.2, 0.25) is 0 Å². The molecule has 0 unspecified atom stereocenters. The summed E-state index contributed by atoms with van der Waals surface area (Å²) in [6.07, 6.45) is -1.15. The van der Waals surface area contributed by atoms with Crippen LogP contribution in [0.2, 0.25) is 5.02 Å². The van der Waals surface area contributed by atoms with Crippen LogP contribution in [0.5, 0.6) is 0 Å². The monoisotopic (exact) mass is 309 g/mol. The molecule has 0 radical (unpaired) electrons. The molecule has 0 atom stereocenters. The van der Waals surface area contributed by atoms with Gasteiger partial charge in [0.25, 0.3) is 6.43 Å². The summed E-state index contributed by atoms with van der Waals surface area (Å²) in [5, 5.41) is 7.79. The number of hydrogen-bond donors (Lipinski definition) is 3. The fourth-order valence-corrected chi connectivity index (χ4v) is 2.38. The summed E-state index contributed by atoms with van der Waals surface area (Å²) >= 11 is 6.14. The van der Waals surface area contributed by atoms with Gasteiger partial charge in [-0.05, 0) is 23.8 Å². The average Bonchev–Trinajstić information content (AvgIpc) is 2.90. The highest BCUT2D eigenvalue weighted by Crippen LogP contribution is 2.36. The van der Waals surface area contributed by atoms with E-state index in [0.717, 1.165) is 5.39 Å². The second-order valence-corrected chi connectivity index (χ2v) is 4.89. The summed E-state index contributed by atoms with van der Waals surface area (Å²) in [5.74, 6) is -0.133. The number of aromatic amines is 1. The number of H-pyrrole nitrogens is 1. The largest absolute Gasteiger partial charge is 0.395 e. The molecule has 0 spiro atoms. The molecule has 1 aromatic carbocycles. The molecule has 3 aromatic rings. The van der Waals surface area contributed by atoms with Crippen LogP contribution in [-0.2, 0) is 0 Å². The number of nitrogens with zero attached hydrogens (tertiary/aromatic N) is 2. The van der Waals surface area contributed by atoms with E-state index in [9.17, 15) is 8.78 Å². The number of nitrogens with one attached hydrogen (secondary N) is 1. The standard InChI is InChI=1S/C13H10ClF2N5/c14-8-2-5(1-6-4-19-21-11(6)8)7-3-9(12(15)16)20-13(18)10(7)17/h1-4,12H,17H2,(H2,18,20)(H,19,21). The number of anilines is 2. The Morgan fingerprint density at radius 2 is 1.95 bits per heavy atom. The molecular formula is C13H10ClF2N5. The summed E-state index contributed by atoms with van der Waals surface area (Å²) in [6, 6.07) is 4.57. The van der Waals surface area contributed by atoms with Crippen molar-refractivity contribution in [1.29, 1.82) is 0 Å². The van der Waals surface area contributed by atoms with E-state index in [0.29, 0.717) is 21.7 Å². The summed E-state index contributed by atoms with van der Waals surface area (Å²) in [6.45, 7) is 0. The van der Waals surface area contributed by atoms with E-state index in [2.05, 4.69) is 15.2 Å². The molecule has 3 rings (SSSR count). The van der Waals surface area contributed by atoms with Gasteiger partial charge in [-0.25, -0.2) is 13.8 Å². The van der Waals surface area contributed by atoms with Crippen LogP contribution in [0.1, 0.15) is 12.1 Å². The second kappa shape index (κ2) is 4.85. The van der Waals surface area contributed by atoms with Crippen LogP contribution in [-0.4, -0.2) is 15.2 Å². The average molecular weight is 310 g/mol. The normalized spacial score (nSPS) is 11.4. The fourth-order valence-electron chi connectivity index (χ4n) is 2.12. The zero-order valence-electron chi connectivity index (χ0n) is 10.6. The third-order valence-electron chi connectivity index (χ3n) is 3.14. The lowest BCUT2D eigenvalue weighted by Crippen LogP contribution is -2.04. The molecule has 5 nitrogen and oxygen atoms in total. The number of fused-ring (bicyclic) bond motifs is 1. The summed E-state index contributed by atoms with van der Waals surface area (Å²) in [4.78, 5) is 3.58. The number of nitrogens with two attached hydrogens (primary N) is 2. The van der Waals surface area contributed by atoms with Crippen LogP contribution in [0, 0.1) is 0 Å². The van der Waals surface area contributed by atoms with Gasteiger partial charge in [-0.1, -0.05) is 11.6 Å². The van der Waals surface area contributed by atoms with Crippen LogP contribution in [0.15, 0.2) is 24.4 Å². The SMILES string of the molecule is Nc1nc(C(F)F)cc(-c2cc(Cl)c3[nH]ncc3c2)c1N. The molecule has 2 heterocycles. The predicted octanol–water partition coefficient (Wildman–Crippen LogP) is 3.38. The van der Waals surface area contributed by atoms with E-state index >= 15 is 0 Å². The van der Waals surface area contributed by atoms with Crippen LogP contribution >= 0.6 is 11.6 Å². The van der Waals surface area contributed by atoms with Crippen LogP contribution in [0.3, 0.4) is 0 Å². The van der Waals surface area contributed by atoms with Crippen molar-refractivity contribution in [2.75, 3.05) is 11.5 Å². The molecule has 5 N–H and O–H groups in total. The molecule has 0 aliphatic rings. The highest BCUT2D eigenvalue weighted by Gasteiger charge is 2.17. The van der Waals surface area contributed by atoms with E-state index in [4.69, 9.17) is 23.1 Å². The van der Waals surface area contributed by atoms with Gasteiger partial charge in [0.1, 0.15) is 11.5 Å². The number of alkyl halides is 2. The lowest BCUT2D eigenvalue weighted by Gasteiger charge is -2.11. The van der Waals surface area contributed by atoms with E-state index in [-0.39, 0.29) is 11.5 Å². The summed E-state index contributed by atoms with van der Waals surface area (Å²) < 4.78 is 25.7. The second-order valence-electron chi connectivity index (χ2n) is 4.49. The maximum Gasteiger partial charge on any atom is 0.280 e. The van der Waals surface area contributed by atoms with Crippen molar-refractivity contribution in [3.63, 3.8) is 0 Å². The molecule has 108 valence electrons. The van der Waals surface area contributed by atoms with Gasteiger partial charge in [-0.3, -0.25) is 5.10 Å².